The van der Waals surface area contributed by atoms with E-state index < -0.39 is 10.0 Å². The summed E-state index contributed by atoms with van der Waals surface area (Å²) in [7, 11) is -3.24. The Kier molecular flexibility index (Phi) is 5.49. The van der Waals surface area contributed by atoms with Crippen LogP contribution in [0.3, 0.4) is 0 Å². The Labute approximate surface area is 174 Å². The summed E-state index contributed by atoms with van der Waals surface area (Å²) in [6.45, 7) is 1.38. The molecular formula is C21H21N3O3S2. The second kappa shape index (κ2) is 8.06. The zero-order chi connectivity index (χ0) is 20.4. The van der Waals surface area contributed by atoms with Gasteiger partial charge in [0, 0.05) is 37.3 Å². The number of piperazine rings is 1. The lowest BCUT2D eigenvalue weighted by molar-refractivity contribution is 0.0703. The molecule has 0 radical (unpaired) electrons. The van der Waals surface area contributed by atoms with Crippen LogP contribution in [0.25, 0.3) is 21.8 Å². The molecule has 2 aromatic carbocycles. The van der Waals surface area contributed by atoms with Crippen molar-refractivity contribution in [3.8, 4) is 21.8 Å². The van der Waals surface area contributed by atoms with Gasteiger partial charge in [0.2, 0.25) is 10.0 Å². The van der Waals surface area contributed by atoms with Crippen molar-refractivity contribution < 1.29 is 13.2 Å². The Morgan fingerprint density at radius 2 is 1.45 bits per heavy atom. The van der Waals surface area contributed by atoms with E-state index in [1.165, 1.54) is 21.9 Å². The van der Waals surface area contributed by atoms with Crippen molar-refractivity contribution in [1.29, 1.82) is 0 Å². The number of hydrogen-bond acceptors (Lipinski definition) is 5. The van der Waals surface area contributed by atoms with Gasteiger partial charge in [0.25, 0.3) is 5.91 Å². The maximum Gasteiger partial charge on any atom is 0.266 e. The van der Waals surface area contributed by atoms with Crippen LogP contribution in [0.4, 0.5) is 0 Å². The molecule has 0 spiro atoms. The molecule has 1 fully saturated rings. The third kappa shape index (κ3) is 4.24. The minimum atomic E-state index is -3.24. The molecule has 1 saturated heterocycles. The third-order valence-electron chi connectivity index (χ3n) is 4.88. The Morgan fingerprint density at radius 1 is 0.897 bits per heavy atom. The van der Waals surface area contributed by atoms with Crippen molar-refractivity contribution in [2.75, 3.05) is 32.4 Å². The maximum absolute atomic E-state index is 13.3. The van der Waals surface area contributed by atoms with E-state index >= 15 is 0 Å². The predicted molar refractivity (Wildman–Crippen MR) is 115 cm³/mol. The van der Waals surface area contributed by atoms with Crippen LogP contribution in [0.1, 0.15) is 9.67 Å². The summed E-state index contributed by atoms with van der Waals surface area (Å²) in [5.41, 5.74) is 2.53. The molecule has 1 aliphatic rings. The van der Waals surface area contributed by atoms with Gasteiger partial charge in [-0.2, -0.15) is 4.31 Å². The number of rotatable bonds is 4. The molecule has 1 aromatic heterocycles. The molecule has 0 N–H and O–H groups in total. The number of hydrogen-bond donors (Lipinski definition) is 0. The molecule has 29 heavy (non-hydrogen) atoms. The summed E-state index contributed by atoms with van der Waals surface area (Å²) < 4.78 is 24.9. The van der Waals surface area contributed by atoms with Crippen molar-refractivity contribution in [3.63, 3.8) is 0 Å². The van der Waals surface area contributed by atoms with E-state index in [0.717, 1.165) is 16.1 Å². The Balaban J connectivity index is 1.67. The second-order valence-corrected chi connectivity index (χ2v) is 9.86. The van der Waals surface area contributed by atoms with Crippen LogP contribution in [-0.4, -0.2) is 60.9 Å². The van der Waals surface area contributed by atoms with Gasteiger partial charge in [-0.25, -0.2) is 13.4 Å². The number of nitrogens with zero attached hydrogens (tertiary/aromatic N) is 3. The fourth-order valence-electron chi connectivity index (χ4n) is 3.33. The Hall–Kier alpha value is -2.55. The predicted octanol–water partition coefficient (Wildman–Crippen LogP) is 3.19. The van der Waals surface area contributed by atoms with Crippen LogP contribution in [0.2, 0.25) is 0 Å². The van der Waals surface area contributed by atoms with E-state index in [2.05, 4.69) is 0 Å². The fraction of sp³-hybridized carbons (Fsp3) is 0.238. The Morgan fingerprint density at radius 3 is 2.00 bits per heavy atom. The highest BCUT2D eigenvalue weighted by Crippen LogP contribution is 2.34. The number of sulfonamides is 1. The normalized spacial score (nSPS) is 15.4. The molecule has 0 saturated carbocycles. The highest BCUT2D eigenvalue weighted by atomic mass is 32.2. The van der Waals surface area contributed by atoms with Gasteiger partial charge in [-0.05, 0) is 0 Å². The standard InChI is InChI=1S/C21H21N3O3S2/c1-29(26,27)24-14-12-23(13-15-24)21(25)19-18(16-8-4-2-5-9-16)22-20(28-19)17-10-6-3-7-11-17/h2-11H,12-15H2,1H3. The van der Waals surface area contributed by atoms with Gasteiger partial charge in [-0.3, -0.25) is 4.79 Å². The van der Waals surface area contributed by atoms with Crippen LogP contribution in [-0.2, 0) is 10.0 Å². The first-order valence-corrected chi connectivity index (χ1v) is 12.0. The first kappa shape index (κ1) is 19.8. The zero-order valence-electron chi connectivity index (χ0n) is 16.0. The summed E-state index contributed by atoms with van der Waals surface area (Å²) in [6, 6.07) is 19.5. The van der Waals surface area contributed by atoms with Gasteiger partial charge in [-0.1, -0.05) is 60.7 Å². The van der Waals surface area contributed by atoms with E-state index in [4.69, 9.17) is 4.98 Å². The van der Waals surface area contributed by atoms with Crippen molar-refractivity contribution in [3.05, 3.63) is 65.5 Å². The van der Waals surface area contributed by atoms with Crippen LogP contribution < -0.4 is 0 Å². The van der Waals surface area contributed by atoms with E-state index in [1.807, 2.05) is 60.7 Å². The molecule has 0 unspecified atom stereocenters. The van der Waals surface area contributed by atoms with Gasteiger partial charge < -0.3 is 4.90 Å². The summed E-state index contributed by atoms with van der Waals surface area (Å²) in [5.74, 6) is -0.100. The molecule has 4 rings (SSSR count). The van der Waals surface area contributed by atoms with Gasteiger partial charge in [0.05, 0.1) is 11.9 Å². The van der Waals surface area contributed by atoms with E-state index in [9.17, 15) is 13.2 Å². The van der Waals surface area contributed by atoms with Gasteiger partial charge >= 0.3 is 0 Å². The molecule has 2 heterocycles. The molecule has 150 valence electrons. The minimum absolute atomic E-state index is 0.100. The molecule has 0 atom stereocenters. The van der Waals surface area contributed by atoms with Crippen molar-refractivity contribution in [2.45, 2.75) is 0 Å². The van der Waals surface area contributed by atoms with Crippen molar-refractivity contribution >= 4 is 27.3 Å². The molecule has 1 aliphatic heterocycles. The lowest BCUT2D eigenvalue weighted by atomic mass is 10.1. The average molecular weight is 428 g/mol. The molecule has 1 amide bonds. The summed E-state index contributed by atoms with van der Waals surface area (Å²) in [5, 5.41) is 0.794. The highest BCUT2D eigenvalue weighted by Gasteiger charge is 2.29. The number of carbonyl (C=O) groups is 1. The monoisotopic (exact) mass is 427 g/mol. The minimum Gasteiger partial charge on any atom is -0.335 e. The SMILES string of the molecule is CS(=O)(=O)N1CCN(C(=O)c2sc(-c3ccccc3)nc2-c2ccccc2)CC1. The number of aromatic nitrogens is 1. The quantitative estimate of drug-likeness (QED) is 0.641. The lowest BCUT2D eigenvalue weighted by Gasteiger charge is -2.33. The number of carbonyl (C=O) groups excluding carboxylic acids is 1. The Bertz CT molecular complexity index is 1100. The molecule has 8 heteroatoms. The van der Waals surface area contributed by atoms with Crippen molar-refractivity contribution in [2.24, 2.45) is 0 Å². The first-order valence-electron chi connectivity index (χ1n) is 9.29. The highest BCUT2D eigenvalue weighted by molar-refractivity contribution is 7.88. The lowest BCUT2D eigenvalue weighted by Crippen LogP contribution is -2.50. The molecular weight excluding hydrogens is 406 g/mol. The van der Waals surface area contributed by atoms with Gasteiger partial charge in [-0.15, -0.1) is 11.3 Å². The van der Waals surface area contributed by atoms with Crippen LogP contribution >= 0.6 is 11.3 Å². The summed E-state index contributed by atoms with van der Waals surface area (Å²) >= 11 is 1.38. The molecule has 6 nitrogen and oxygen atoms in total. The van der Waals surface area contributed by atoms with E-state index in [0.29, 0.717) is 36.8 Å². The average Bonchev–Trinajstić information content (AvgIpc) is 3.19. The van der Waals surface area contributed by atoms with Crippen LogP contribution in [0, 0.1) is 0 Å². The maximum atomic E-state index is 13.3. The first-order chi connectivity index (χ1) is 13.9. The fourth-order valence-corrected chi connectivity index (χ4v) is 5.21. The third-order valence-corrected chi connectivity index (χ3v) is 7.28. The topological polar surface area (TPSA) is 70.6 Å². The molecule has 3 aromatic rings. The molecule has 0 bridgehead atoms. The summed E-state index contributed by atoms with van der Waals surface area (Å²) in [4.78, 5) is 20.4. The number of thiazole rings is 1. The van der Waals surface area contributed by atoms with E-state index in [-0.39, 0.29) is 5.91 Å². The smallest absolute Gasteiger partial charge is 0.266 e. The van der Waals surface area contributed by atoms with Crippen molar-refractivity contribution in [1.82, 2.24) is 14.2 Å². The van der Waals surface area contributed by atoms with Gasteiger partial charge in [0.15, 0.2) is 0 Å². The van der Waals surface area contributed by atoms with Crippen LogP contribution in [0.5, 0.6) is 0 Å². The second-order valence-electron chi connectivity index (χ2n) is 6.88. The zero-order valence-corrected chi connectivity index (χ0v) is 17.6. The summed E-state index contributed by atoms with van der Waals surface area (Å²) in [6.07, 6.45) is 1.20. The van der Waals surface area contributed by atoms with E-state index in [1.54, 1.807) is 4.90 Å². The number of benzene rings is 2. The largest absolute Gasteiger partial charge is 0.335 e. The van der Waals surface area contributed by atoms with Crippen LogP contribution in [0.15, 0.2) is 60.7 Å². The van der Waals surface area contributed by atoms with Gasteiger partial charge in [0.1, 0.15) is 9.88 Å². The number of amides is 1. The molecule has 0 aliphatic carbocycles.